The minimum atomic E-state index is -0.130. The smallest absolute Gasteiger partial charge is 0.128 e. The summed E-state index contributed by atoms with van der Waals surface area (Å²) in [6.45, 7) is 12.6. The van der Waals surface area contributed by atoms with E-state index < -0.39 is 0 Å². The van der Waals surface area contributed by atoms with Gasteiger partial charge in [0.2, 0.25) is 0 Å². The van der Waals surface area contributed by atoms with Crippen molar-refractivity contribution < 1.29 is 37.1 Å². The Kier molecular flexibility index (Phi) is 13.3. The van der Waals surface area contributed by atoms with Crippen LogP contribution in [-0.2, 0) is 27.9 Å². The summed E-state index contributed by atoms with van der Waals surface area (Å²) in [7, 11) is 0. The predicted molar refractivity (Wildman–Crippen MR) is 187 cm³/mol. The molecule has 47 heavy (non-hydrogen) atoms. The Morgan fingerprint density at radius 2 is 1.04 bits per heavy atom. The van der Waals surface area contributed by atoms with Gasteiger partial charge in [-0.3, -0.25) is 9.98 Å². The molecule has 1 fully saturated rings. The number of hydrogen-bond acceptors (Lipinski definition) is 6. The molecule has 1 saturated carbocycles. The fraction of sp³-hybridized carbons (Fsp3) is 0.350. The molecule has 1 aliphatic rings. The van der Waals surface area contributed by atoms with Gasteiger partial charge in [0.05, 0.1) is 12.1 Å². The number of benzene rings is 4. The number of aliphatic imine (C=N–C) groups is 2. The van der Waals surface area contributed by atoms with Crippen LogP contribution in [0.25, 0.3) is 0 Å². The van der Waals surface area contributed by atoms with E-state index in [4.69, 9.17) is 14.7 Å². The van der Waals surface area contributed by atoms with Crippen molar-refractivity contribution in [3.05, 3.63) is 113 Å². The molecule has 4 aromatic rings. The second-order valence-electron chi connectivity index (χ2n) is 13.8. The molecule has 0 unspecified atom stereocenters. The second-order valence-corrected chi connectivity index (χ2v) is 13.8. The summed E-state index contributed by atoms with van der Waals surface area (Å²) >= 11 is 0. The number of phenols is 2. The zero-order valence-corrected chi connectivity index (χ0v) is 29.5. The molecule has 4 aromatic carbocycles. The molecule has 2 N–H and O–H groups in total. The third kappa shape index (κ3) is 10.7. The summed E-state index contributed by atoms with van der Waals surface area (Å²) in [6.07, 6.45) is 7.83. The Morgan fingerprint density at radius 3 is 1.47 bits per heavy atom. The molecule has 0 saturated heterocycles. The van der Waals surface area contributed by atoms with E-state index in [1.54, 1.807) is 24.6 Å². The Morgan fingerprint density at radius 1 is 0.617 bits per heavy atom. The summed E-state index contributed by atoms with van der Waals surface area (Å²) < 4.78 is 5.49. The molecule has 0 aliphatic heterocycles. The van der Waals surface area contributed by atoms with Gasteiger partial charge in [-0.2, -0.15) is 0 Å². The standard InChI is InChI=1S/C28H38N2O2.C12H10O2.Mn/c1-27(2,3)21-13-9-11-19(25(21)31)17-29-23-15-7-8-16-24(23)30-18-20-12-10-14-22(26(20)32)28(4,5)6;13-10-6-8-12(9-7-10)14-11-4-2-1-3-5-11;/h9-14,17-18,23-24,31-32H,7-8,15-16H2,1-6H3;1-9,13H;/p-1/t23-,24-;;/m1../s1. The Hall–Kier alpha value is -4.06. The zero-order chi connectivity index (χ0) is 33.3. The van der Waals surface area contributed by atoms with Crippen LogP contribution < -0.4 is 9.84 Å². The molecule has 5 rings (SSSR count). The van der Waals surface area contributed by atoms with Crippen LogP contribution in [0.5, 0.6) is 28.7 Å². The van der Waals surface area contributed by atoms with Gasteiger partial charge in [0, 0.05) is 40.6 Å². The zero-order valence-electron chi connectivity index (χ0n) is 28.3. The van der Waals surface area contributed by atoms with Crippen molar-refractivity contribution in [3.63, 3.8) is 0 Å². The minimum absolute atomic E-state index is 0. The fourth-order valence-corrected chi connectivity index (χ4v) is 5.47. The van der Waals surface area contributed by atoms with Gasteiger partial charge in [0.25, 0.3) is 0 Å². The van der Waals surface area contributed by atoms with E-state index in [9.17, 15) is 15.3 Å². The van der Waals surface area contributed by atoms with Crippen molar-refractivity contribution in [1.29, 1.82) is 0 Å². The molecule has 0 bridgehead atoms. The van der Waals surface area contributed by atoms with Crippen LogP contribution in [0.1, 0.15) is 89.5 Å². The van der Waals surface area contributed by atoms with Gasteiger partial charge in [-0.1, -0.05) is 109 Å². The van der Waals surface area contributed by atoms with Gasteiger partial charge in [0.15, 0.2) is 0 Å². The summed E-state index contributed by atoms with van der Waals surface area (Å²) in [4.78, 5) is 9.70. The monoisotopic (exact) mass is 674 g/mol. The maximum Gasteiger partial charge on any atom is 0.128 e. The maximum absolute atomic E-state index is 10.8. The molecule has 1 aliphatic carbocycles. The average Bonchev–Trinajstić information content (AvgIpc) is 3.01. The van der Waals surface area contributed by atoms with Gasteiger partial charge in [-0.25, -0.2) is 0 Å². The Bertz CT molecular complexity index is 1540. The predicted octanol–water partition coefficient (Wildman–Crippen LogP) is 9.09. The summed E-state index contributed by atoms with van der Waals surface area (Å²) in [6, 6.07) is 27.6. The quantitative estimate of drug-likeness (QED) is 0.158. The number of phenolic OH excluding ortho intramolecular Hbond substituents is 2. The van der Waals surface area contributed by atoms with Gasteiger partial charge in [-0.15, -0.1) is 5.75 Å². The van der Waals surface area contributed by atoms with Crippen LogP contribution in [0.3, 0.4) is 0 Å². The first-order valence-corrected chi connectivity index (χ1v) is 16.0. The van der Waals surface area contributed by atoms with Gasteiger partial charge in [-0.05, 0) is 71.2 Å². The molecule has 1 radical (unpaired) electrons. The summed E-state index contributed by atoms with van der Waals surface area (Å²) in [5.74, 6) is 2.06. The number of aromatic hydroxyl groups is 2. The van der Waals surface area contributed by atoms with Crippen molar-refractivity contribution in [2.45, 2.75) is 90.1 Å². The molecule has 2 atom stereocenters. The average molecular weight is 675 g/mol. The van der Waals surface area contributed by atoms with Crippen LogP contribution in [0, 0.1) is 0 Å². The molecular weight excluding hydrogens is 627 g/mol. The molecular formula is C40H47MnN2O4-. The number of ether oxygens (including phenoxy) is 1. The van der Waals surface area contributed by atoms with Crippen LogP contribution in [-0.4, -0.2) is 34.7 Å². The summed E-state index contributed by atoms with van der Waals surface area (Å²) in [5.41, 5.74) is 3.09. The van der Waals surface area contributed by atoms with E-state index in [0.717, 1.165) is 53.7 Å². The van der Waals surface area contributed by atoms with Crippen LogP contribution in [0.4, 0.5) is 0 Å². The number of hydrogen-bond donors (Lipinski definition) is 2. The van der Waals surface area contributed by atoms with Crippen molar-refractivity contribution in [3.8, 4) is 28.7 Å². The number of nitrogens with zero attached hydrogens (tertiary/aromatic N) is 2. The SMILES string of the molecule is CC(C)(C)c1cccc(C=N[C@@H]2CCCC[C@H]2N=Cc2cccc(C(C)(C)C)c2O)c1O.[Mn].[O-]c1ccc(Oc2ccccc2)cc1. The first-order valence-electron chi connectivity index (χ1n) is 16.0. The largest absolute Gasteiger partial charge is 0.872 e. The van der Waals surface area contributed by atoms with Crippen LogP contribution in [0.2, 0.25) is 0 Å². The Balaban J connectivity index is 0.000000333. The number of rotatable bonds is 6. The molecule has 0 spiro atoms. The second kappa shape index (κ2) is 16.7. The molecule has 0 amide bonds. The van der Waals surface area contributed by atoms with Crippen LogP contribution >= 0.6 is 0 Å². The van der Waals surface area contributed by atoms with E-state index in [1.807, 2.05) is 66.7 Å². The normalized spacial score (nSPS) is 16.7. The van der Waals surface area contributed by atoms with E-state index >= 15 is 0 Å². The molecule has 249 valence electrons. The molecule has 6 nitrogen and oxygen atoms in total. The molecule has 0 heterocycles. The van der Waals surface area contributed by atoms with E-state index in [2.05, 4.69) is 41.5 Å². The topological polar surface area (TPSA) is 97.5 Å². The third-order valence-corrected chi connectivity index (χ3v) is 8.06. The molecule has 7 heteroatoms. The third-order valence-electron chi connectivity index (χ3n) is 8.06. The Labute approximate surface area is 290 Å². The first-order chi connectivity index (χ1) is 21.8. The van der Waals surface area contributed by atoms with Crippen molar-refractivity contribution in [1.82, 2.24) is 0 Å². The van der Waals surface area contributed by atoms with E-state index in [0.29, 0.717) is 17.2 Å². The van der Waals surface area contributed by atoms with Crippen LogP contribution in [0.15, 0.2) is 101 Å². The number of para-hydroxylation sites is 3. The van der Waals surface area contributed by atoms with Gasteiger partial charge in [0.1, 0.15) is 23.0 Å². The van der Waals surface area contributed by atoms with E-state index in [-0.39, 0.29) is 45.7 Å². The van der Waals surface area contributed by atoms with Crippen molar-refractivity contribution in [2.24, 2.45) is 9.98 Å². The van der Waals surface area contributed by atoms with Crippen molar-refractivity contribution in [2.75, 3.05) is 0 Å². The molecule has 0 aromatic heterocycles. The van der Waals surface area contributed by atoms with Crippen molar-refractivity contribution >= 4 is 12.4 Å². The fourth-order valence-electron chi connectivity index (χ4n) is 5.47. The van der Waals surface area contributed by atoms with Gasteiger partial charge < -0.3 is 20.1 Å². The summed E-state index contributed by atoms with van der Waals surface area (Å²) in [5, 5.41) is 32.3. The minimum Gasteiger partial charge on any atom is -0.872 e. The van der Waals surface area contributed by atoms with Gasteiger partial charge >= 0.3 is 0 Å². The van der Waals surface area contributed by atoms with E-state index in [1.165, 1.54) is 12.1 Å². The first kappa shape index (κ1) is 37.4. The maximum atomic E-state index is 10.8.